The maximum absolute atomic E-state index is 11.2. The fourth-order valence-electron chi connectivity index (χ4n) is 1.51. The zero-order valence-corrected chi connectivity index (χ0v) is 9.95. The first-order valence-electron chi connectivity index (χ1n) is 5.29. The van der Waals surface area contributed by atoms with Crippen LogP contribution in [-0.4, -0.2) is 23.9 Å². The molecule has 0 aliphatic rings. The van der Waals surface area contributed by atoms with E-state index in [0.29, 0.717) is 0 Å². The standard InChI is InChI=1S/C13H19NO/c1-10-5-7-13(8-6-10)9-11(2)14(4)12(3)15/h5-8,11H,9H2,1-4H3. The van der Waals surface area contributed by atoms with Gasteiger partial charge in [0.25, 0.3) is 0 Å². The monoisotopic (exact) mass is 205 g/mol. The third-order valence-corrected chi connectivity index (χ3v) is 2.81. The number of likely N-dealkylation sites (N-methyl/N-ethyl adjacent to an activating group) is 1. The zero-order chi connectivity index (χ0) is 11.4. The van der Waals surface area contributed by atoms with Crippen molar-refractivity contribution in [1.82, 2.24) is 4.90 Å². The van der Waals surface area contributed by atoms with Crippen molar-refractivity contribution < 1.29 is 4.79 Å². The molecule has 0 saturated carbocycles. The molecule has 2 heteroatoms. The van der Waals surface area contributed by atoms with Crippen LogP contribution in [0.25, 0.3) is 0 Å². The number of nitrogens with zero attached hydrogens (tertiary/aromatic N) is 1. The highest BCUT2D eigenvalue weighted by Gasteiger charge is 2.11. The molecule has 0 aliphatic carbocycles. The van der Waals surface area contributed by atoms with Gasteiger partial charge >= 0.3 is 0 Å². The summed E-state index contributed by atoms with van der Waals surface area (Å²) in [6.45, 7) is 5.75. The molecular weight excluding hydrogens is 186 g/mol. The first-order chi connectivity index (χ1) is 7.00. The number of amides is 1. The molecule has 0 N–H and O–H groups in total. The number of hydrogen-bond acceptors (Lipinski definition) is 1. The molecule has 0 spiro atoms. The number of carbonyl (C=O) groups is 1. The number of aryl methyl sites for hydroxylation is 1. The van der Waals surface area contributed by atoms with Gasteiger partial charge < -0.3 is 4.90 Å². The molecule has 1 aromatic carbocycles. The quantitative estimate of drug-likeness (QED) is 0.742. The predicted molar refractivity (Wildman–Crippen MR) is 62.8 cm³/mol. The molecule has 2 nitrogen and oxygen atoms in total. The molecule has 82 valence electrons. The van der Waals surface area contributed by atoms with Gasteiger partial charge in [-0.15, -0.1) is 0 Å². The van der Waals surface area contributed by atoms with Crippen molar-refractivity contribution in [1.29, 1.82) is 0 Å². The number of benzene rings is 1. The lowest BCUT2D eigenvalue weighted by molar-refractivity contribution is -0.129. The third kappa shape index (κ3) is 3.39. The van der Waals surface area contributed by atoms with Gasteiger partial charge in [-0.05, 0) is 25.8 Å². The van der Waals surface area contributed by atoms with Gasteiger partial charge in [-0.3, -0.25) is 4.79 Å². The summed E-state index contributed by atoms with van der Waals surface area (Å²) in [6, 6.07) is 8.72. The topological polar surface area (TPSA) is 20.3 Å². The van der Waals surface area contributed by atoms with Gasteiger partial charge in [0, 0.05) is 20.0 Å². The van der Waals surface area contributed by atoms with Gasteiger partial charge in [0.2, 0.25) is 5.91 Å². The highest BCUT2D eigenvalue weighted by Crippen LogP contribution is 2.09. The normalized spacial score (nSPS) is 12.3. The summed E-state index contributed by atoms with van der Waals surface area (Å²) >= 11 is 0. The van der Waals surface area contributed by atoms with E-state index in [1.54, 1.807) is 11.8 Å². The minimum absolute atomic E-state index is 0.120. The Morgan fingerprint density at radius 1 is 1.33 bits per heavy atom. The van der Waals surface area contributed by atoms with Crippen LogP contribution in [-0.2, 0) is 11.2 Å². The first-order valence-corrected chi connectivity index (χ1v) is 5.29. The van der Waals surface area contributed by atoms with Gasteiger partial charge in [0.05, 0.1) is 0 Å². The first kappa shape index (κ1) is 11.8. The summed E-state index contributed by atoms with van der Waals surface area (Å²) in [4.78, 5) is 12.9. The molecule has 1 unspecified atom stereocenters. The van der Waals surface area contributed by atoms with Crippen molar-refractivity contribution in [2.24, 2.45) is 0 Å². The van der Waals surface area contributed by atoms with Gasteiger partial charge in [0.1, 0.15) is 0 Å². The van der Waals surface area contributed by atoms with E-state index in [-0.39, 0.29) is 11.9 Å². The van der Waals surface area contributed by atoms with E-state index in [2.05, 4.69) is 38.1 Å². The Kier molecular flexibility index (Phi) is 3.89. The molecule has 1 amide bonds. The van der Waals surface area contributed by atoms with Crippen LogP contribution >= 0.6 is 0 Å². The Labute approximate surface area is 91.9 Å². The minimum atomic E-state index is 0.120. The van der Waals surface area contributed by atoms with Gasteiger partial charge in [-0.1, -0.05) is 29.8 Å². The van der Waals surface area contributed by atoms with Crippen LogP contribution in [0.5, 0.6) is 0 Å². The van der Waals surface area contributed by atoms with E-state index >= 15 is 0 Å². The molecule has 0 radical (unpaired) electrons. The Bertz CT molecular complexity index is 329. The summed E-state index contributed by atoms with van der Waals surface area (Å²) in [5.41, 5.74) is 2.55. The van der Waals surface area contributed by atoms with Crippen LogP contribution in [0.1, 0.15) is 25.0 Å². The summed E-state index contributed by atoms with van der Waals surface area (Å²) in [6.07, 6.45) is 0.913. The Balaban J connectivity index is 2.62. The Morgan fingerprint density at radius 2 is 1.87 bits per heavy atom. The SMILES string of the molecule is CC(=O)N(C)C(C)Cc1ccc(C)cc1. The van der Waals surface area contributed by atoms with Crippen LogP contribution in [0.15, 0.2) is 24.3 Å². The minimum Gasteiger partial charge on any atom is -0.343 e. The summed E-state index contributed by atoms with van der Waals surface area (Å²) < 4.78 is 0. The largest absolute Gasteiger partial charge is 0.343 e. The van der Waals surface area contributed by atoms with Gasteiger partial charge in [0.15, 0.2) is 0 Å². The lowest BCUT2D eigenvalue weighted by Gasteiger charge is -2.23. The average Bonchev–Trinajstić information content (AvgIpc) is 2.20. The Morgan fingerprint density at radius 3 is 2.33 bits per heavy atom. The molecule has 0 fully saturated rings. The lowest BCUT2D eigenvalue weighted by atomic mass is 10.0. The molecule has 0 aromatic heterocycles. The summed E-state index contributed by atoms with van der Waals surface area (Å²) in [7, 11) is 1.85. The van der Waals surface area contributed by atoms with Crippen LogP contribution in [0.2, 0.25) is 0 Å². The molecule has 15 heavy (non-hydrogen) atoms. The van der Waals surface area contributed by atoms with Crippen LogP contribution in [0, 0.1) is 6.92 Å². The highest BCUT2D eigenvalue weighted by molar-refractivity contribution is 5.73. The van der Waals surface area contributed by atoms with Crippen molar-refractivity contribution in [3.05, 3.63) is 35.4 Å². The molecule has 1 atom stereocenters. The molecule has 0 bridgehead atoms. The van der Waals surface area contributed by atoms with Crippen molar-refractivity contribution in [2.75, 3.05) is 7.05 Å². The number of hydrogen-bond donors (Lipinski definition) is 0. The fraction of sp³-hybridized carbons (Fsp3) is 0.462. The van der Waals surface area contributed by atoms with Crippen LogP contribution < -0.4 is 0 Å². The second kappa shape index (κ2) is 4.96. The van der Waals surface area contributed by atoms with Crippen molar-refractivity contribution >= 4 is 5.91 Å². The Hall–Kier alpha value is -1.31. The third-order valence-electron chi connectivity index (χ3n) is 2.81. The molecule has 0 saturated heterocycles. The van der Waals surface area contributed by atoms with E-state index in [0.717, 1.165) is 6.42 Å². The summed E-state index contributed by atoms with van der Waals surface area (Å²) in [5.74, 6) is 0.120. The highest BCUT2D eigenvalue weighted by atomic mass is 16.2. The molecular formula is C13H19NO. The number of carbonyl (C=O) groups excluding carboxylic acids is 1. The van der Waals surface area contributed by atoms with Crippen molar-refractivity contribution in [2.45, 2.75) is 33.2 Å². The van der Waals surface area contributed by atoms with Crippen LogP contribution in [0.3, 0.4) is 0 Å². The van der Waals surface area contributed by atoms with Crippen molar-refractivity contribution in [3.8, 4) is 0 Å². The molecule has 0 aliphatic heterocycles. The fourth-order valence-corrected chi connectivity index (χ4v) is 1.51. The van der Waals surface area contributed by atoms with E-state index in [4.69, 9.17) is 0 Å². The van der Waals surface area contributed by atoms with E-state index in [9.17, 15) is 4.79 Å². The zero-order valence-electron chi connectivity index (χ0n) is 9.95. The summed E-state index contributed by atoms with van der Waals surface area (Å²) in [5, 5.41) is 0. The van der Waals surface area contributed by atoms with Gasteiger partial charge in [-0.25, -0.2) is 0 Å². The molecule has 1 rings (SSSR count). The van der Waals surface area contributed by atoms with Crippen molar-refractivity contribution in [3.63, 3.8) is 0 Å². The number of rotatable bonds is 3. The maximum atomic E-state index is 11.2. The average molecular weight is 205 g/mol. The smallest absolute Gasteiger partial charge is 0.219 e. The second-order valence-electron chi connectivity index (χ2n) is 4.17. The molecule has 0 heterocycles. The lowest BCUT2D eigenvalue weighted by Crippen LogP contribution is -2.34. The van der Waals surface area contributed by atoms with Gasteiger partial charge in [-0.2, -0.15) is 0 Å². The van der Waals surface area contributed by atoms with Crippen LogP contribution in [0.4, 0.5) is 0 Å². The molecule has 1 aromatic rings. The maximum Gasteiger partial charge on any atom is 0.219 e. The second-order valence-corrected chi connectivity index (χ2v) is 4.17. The van der Waals surface area contributed by atoms with E-state index in [1.165, 1.54) is 11.1 Å². The van der Waals surface area contributed by atoms with E-state index in [1.807, 2.05) is 7.05 Å². The van der Waals surface area contributed by atoms with E-state index < -0.39 is 0 Å². The predicted octanol–water partition coefficient (Wildman–Crippen LogP) is 2.40.